The van der Waals surface area contributed by atoms with Crippen LogP contribution < -0.4 is 20.1 Å². The van der Waals surface area contributed by atoms with E-state index >= 15 is 0 Å². The summed E-state index contributed by atoms with van der Waals surface area (Å²) in [4.78, 5) is 27.4. The lowest BCUT2D eigenvalue weighted by atomic mass is 10.1. The zero-order valence-corrected chi connectivity index (χ0v) is 15.9. The molecule has 0 fully saturated rings. The summed E-state index contributed by atoms with van der Waals surface area (Å²) >= 11 is 0. The number of benzene rings is 2. The van der Waals surface area contributed by atoms with Crippen LogP contribution in [0, 0.1) is 0 Å². The first-order chi connectivity index (χ1) is 13.6. The first-order valence-electron chi connectivity index (χ1n) is 8.94. The Morgan fingerprint density at radius 1 is 1.04 bits per heavy atom. The number of amides is 2. The second kappa shape index (κ2) is 8.94. The number of aromatic amines is 1. The highest BCUT2D eigenvalue weighted by molar-refractivity contribution is 6.04. The average molecular weight is 381 g/mol. The smallest absolute Gasteiger partial charge is 0.233 e. The molecule has 0 saturated heterocycles. The van der Waals surface area contributed by atoms with Gasteiger partial charge in [-0.1, -0.05) is 18.2 Å². The largest absolute Gasteiger partial charge is 0.497 e. The molecule has 0 saturated carbocycles. The van der Waals surface area contributed by atoms with Crippen molar-refractivity contribution in [2.45, 2.75) is 12.8 Å². The molecule has 0 unspecified atom stereocenters. The summed E-state index contributed by atoms with van der Waals surface area (Å²) in [5, 5.41) is 6.61. The number of carbonyl (C=O) groups excluding carboxylic acids is 2. The fourth-order valence-corrected chi connectivity index (χ4v) is 2.98. The van der Waals surface area contributed by atoms with Gasteiger partial charge in [0.05, 0.1) is 19.9 Å². The second-order valence-electron chi connectivity index (χ2n) is 6.25. The normalized spacial score (nSPS) is 10.5. The fraction of sp³-hybridized carbons (Fsp3) is 0.238. The fourth-order valence-electron chi connectivity index (χ4n) is 2.98. The molecule has 0 aliphatic carbocycles. The van der Waals surface area contributed by atoms with Gasteiger partial charge in [-0.25, -0.2) is 0 Å². The zero-order valence-electron chi connectivity index (χ0n) is 15.9. The van der Waals surface area contributed by atoms with Crippen LogP contribution in [0.4, 0.5) is 5.69 Å². The quantitative estimate of drug-likeness (QED) is 0.523. The van der Waals surface area contributed by atoms with Gasteiger partial charge in [0.15, 0.2) is 0 Å². The molecule has 3 rings (SSSR count). The van der Waals surface area contributed by atoms with Crippen molar-refractivity contribution in [1.29, 1.82) is 0 Å². The van der Waals surface area contributed by atoms with Gasteiger partial charge in [-0.05, 0) is 30.2 Å². The van der Waals surface area contributed by atoms with Gasteiger partial charge in [-0.3, -0.25) is 9.59 Å². The van der Waals surface area contributed by atoms with E-state index in [-0.39, 0.29) is 12.3 Å². The van der Waals surface area contributed by atoms with Crippen LogP contribution in [-0.2, 0) is 16.0 Å². The molecule has 2 aromatic carbocycles. The number of carbonyl (C=O) groups is 2. The van der Waals surface area contributed by atoms with E-state index in [1.807, 2.05) is 30.5 Å². The van der Waals surface area contributed by atoms with Gasteiger partial charge in [0.25, 0.3) is 0 Å². The molecule has 3 N–H and O–H groups in total. The van der Waals surface area contributed by atoms with Crippen molar-refractivity contribution in [3.63, 3.8) is 0 Å². The van der Waals surface area contributed by atoms with E-state index in [1.54, 1.807) is 25.3 Å². The molecule has 0 radical (unpaired) electrons. The molecular weight excluding hydrogens is 358 g/mol. The van der Waals surface area contributed by atoms with E-state index in [0.29, 0.717) is 30.2 Å². The number of fused-ring (bicyclic) bond motifs is 1. The Balaban J connectivity index is 1.49. The minimum Gasteiger partial charge on any atom is -0.497 e. The van der Waals surface area contributed by atoms with Gasteiger partial charge >= 0.3 is 0 Å². The number of nitrogens with one attached hydrogen (secondary N) is 3. The molecule has 146 valence electrons. The summed E-state index contributed by atoms with van der Waals surface area (Å²) in [6.45, 7) is 0.458. The Bertz CT molecular complexity index is 981. The highest BCUT2D eigenvalue weighted by Crippen LogP contribution is 2.29. The lowest BCUT2D eigenvalue weighted by Crippen LogP contribution is -2.29. The maximum absolute atomic E-state index is 12.1. The molecular formula is C21H23N3O4. The Labute approximate surface area is 163 Å². The standard InChI is InChI=1S/C21H23N3O4/c1-27-15-7-8-18(19(11-15)28-2)24-21(26)12-20(25)22-10-9-14-13-23-17-6-4-3-5-16(14)17/h3-8,11,13,23H,9-10,12H2,1-2H3,(H,22,25)(H,24,26). The Morgan fingerprint density at radius 2 is 1.86 bits per heavy atom. The highest BCUT2D eigenvalue weighted by Gasteiger charge is 2.13. The summed E-state index contributed by atoms with van der Waals surface area (Å²) in [7, 11) is 3.05. The topological polar surface area (TPSA) is 92.5 Å². The number of rotatable bonds is 8. The third-order valence-electron chi connectivity index (χ3n) is 4.40. The zero-order chi connectivity index (χ0) is 19.9. The predicted molar refractivity (Wildman–Crippen MR) is 108 cm³/mol. The molecule has 0 aliphatic heterocycles. The molecule has 1 aromatic heterocycles. The molecule has 2 amide bonds. The van der Waals surface area contributed by atoms with Crippen LogP contribution in [-0.4, -0.2) is 37.6 Å². The van der Waals surface area contributed by atoms with E-state index < -0.39 is 5.91 Å². The summed E-state index contributed by atoms with van der Waals surface area (Å²) in [5.41, 5.74) is 2.68. The summed E-state index contributed by atoms with van der Waals surface area (Å²) < 4.78 is 10.4. The molecule has 7 heteroatoms. The van der Waals surface area contributed by atoms with E-state index in [2.05, 4.69) is 15.6 Å². The van der Waals surface area contributed by atoms with Crippen LogP contribution in [0.15, 0.2) is 48.7 Å². The average Bonchev–Trinajstić information content (AvgIpc) is 3.11. The van der Waals surface area contributed by atoms with Gasteiger partial charge in [0.1, 0.15) is 17.9 Å². The Kier molecular flexibility index (Phi) is 6.16. The lowest BCUT2D eigenvalue weighted by molar-refractivity contribution is -0.126. The van der Waals surface area contributed by atoms with Crippen LogP contribution in [0.1, 0.15) is 12.0 Å². The van der Waals surface area contributed by atoms with E-state index in [4.69, 9.17) is 9.47 Å². The molecule has 0 bridgehead atoms. The minimum atomic E-state index is -0.409. The number of anilines is 1. The second-order valence-corrected chi connectivity index (χ2v) is 6.25. The van der Waals surface area contributed by atoms with Gasteiger partial charge in [-0.2, -0.15) is 0 Å². The monoisotopic (exact) mass is 381 g/mol. The molecule has 28 heavy (non-hydrogen) atoms. The third-order valence-corrected chi connectivity index (χ3v) is 4.40. The van der Waals surface area contributed by atoms with Crippen molar-refractivity contribution < 1.29 is 19.1 Å². The van der Waals surface area contributed by atoms with E-state index in [0.717, 1.165) is 16.5 Å². The molecule has 0 atom stereocenters. The van der Waals surface area contributed by atoms with E-state index in [1.165, 1.54) is 7.11 Å². The predicted octanol–water partition coefficient (Wildman–Crippen LogP) is 2.87. The number of methoxy groups -OCH3 is 2. The van der Waals surface area contributed by atoms with E-state index in [9.17, 15) is 9.59 Å². The number of hydrogen-bond acceptors (Lipinski definition) is 4. The van der Waals surface area contributed by atoms with Gasteiger partial charge in [0.2, 0.25) is 11.8 Å². The Morgan fingerprint density at radius 3 is 2.64 bits per heavy atom. The van der Waals surface area contributed by atoms with Crippen LogP contribution in [0.3, 0.4) is 0 Å². The van der Waals surface area contributed by atoms with Crippen LogP contribution in [0.2, 0.25) is 0 Å². The molecule has 0 aliphatic rings. The number of ether oxygens (including phenoxy) is 2. The van der Waals surface area contributed by atoms with Gasteiger partial charge in [0, 0.05) is 29.7 Å². The van der Waals surface area contributed by atoms with Crippen molar-refractivity contribution in [3.8, 4) is 11.5 Å². The summed E-state index contributed by atoms with van der Waals surface area (Å²) in [5.74, 6) is 0.343. The molecule has 0 spiro atoms. The van der Waals surface area contributed by atoms with Crippen molar-refractivity contribution in [1.82, 2.24) is 10.3 Å². The number of para-hydroxylation sites is 1. The highest BCUT2D eigenvalue weighted by atomic mass is 16.5. The summed E-state index contributed by atoms with van der Waals surface area (Å²) in [6.07, 6.45) is 2.37. The van der Waals surface area contributed by atoms with Crippen molar-refractivity contribution in [3.05, 3.63) is 54.2 Å². The SMILES string of the molecule is COc1ccc(NC(=O)CC(=O)NCCc2c[nH]c3ccccc23)c(OC)c1. The summed E-state index contributed by atoms with van der Waals surface area (Å²) in [6, 6.07) is 13.0. The van der Waals surface area contributed by atoms with Crippen LogP contribution >= 0.6 is 0 Å². The number of H-pyrrole nitrogens is 1. The van der Waals surface area contributed by atoms with Crippen molar-refractivity contribution in [2.24, 2.45) is 0 Å². The van der Waals surface area contributed by atoms with Crippen LogP contribution in [0.5, 0.6) is 11.5 Å². The maximum atomic E-state index is 12.1. The molecule has 7 nitrogen and oxygen atoms in total. The number of aromatic nitrogens is 1. The van der Waals surface area contributed by atoms with Gasteiger partial charge in [-0.15, -0.1) is 0 Å². The lowest BCUT2D eigenvalue weighted by Gasteiger charge is -2.11. The maximum Gasteiger partial charge on any atom is 0.233 e. The minimum absolute atomic E-state index is 0.261. The van der Waals surface area contributed by atoms with Crippen molar-refractivity contribution in [2.75, 3.05) is 26.1 Å². The first kappa shape index (κ1) is 19.3. The Hall–Kier alpha value is -3.48. The first-order valence-corrected chi connectivity index (χ1v) is 8.94. The van der Waals surface area contributed by atoms with Crippen LogP contribution in [0.25, 0.3) is 10.9 Å². The van der Waals surface area contributed by atoms with Crippen molar-refractivity contribution >= 4 is 28.4 Å². The van der Waals surface area contributed by atoms with Gasteiger partial charge < -0.3 is 25.1 Å². The molecule has 1 heterocycles. The molecule has 3 aromatic rings. The number of hydrogen-bond donors (Lipinski definition) is 3. The third kappa shape index (κ3) is 4.62.